The lowest BCUT2D eigenvalue weighted by atomic mass is 10.1. The number of aromatic nitrogens is 1. The lowest BCUT2D eigenvalue weighted by Crippen LogP contribution is -2.33. The third-order valence-electron chi connectivity index (χ3n) is 3.06. The minimum atomic E-state index is -4.27. The van der Waals surface area contributed by atoms with Crippen LogP contribution in [0.1, 0.15) is 23.2 Å². The van der Waals surface area contributed by atoms with Crippen LogP contribution in [0.3, 0.4) is 0 Å². The first kappa shape index (κ1) is 18.2. The second-order valence-electron chi connectivity index (χ2n) is 4.86. The van der Waals surface area contributed by atoms with E-state index < -0.39 is 12.7 Å². The van der Waals surface area contributed by atoms with Gasteiger partial charge in [-0.3, -0.25) is 9.78 Å². The summed E-state index contributed by atoms with van der Waals surface area (Å²) in [7, 11) is 1.56. The van der Waals surface area contributed by atoms with Crippen molar-refractivity contribution in [3.8, 4) is 5.75 Å². The maximum Gasteiger partial charge on any atom is 0.401 e. The van der Waals surface area contributed by atoms with Crippen LogP contribution in [0.4, 0.5) is 13.2 Å². The van der Waals surface area contributed by atoms with Crippen LogP contribution in [0.5, 0.6) is 5.75 Å². The van der Waals surface area contributed by atoms with Gasteiger partial charge in [0, 0.05) is 30.3 Å². The lowest BCUT2D eigenvalue weighted by molar-refractivity contribution is -0.127. The molecule has 2 N–H and O–H groups in total. The second-order valence-corrected chi connectivity index (χ2v) is 4.86. The molecule has 124 valence electrons. The maximum absolute atomic E-state index is 11.9. The van der Waals surface area contributed by atoms with Gasteiger partial charge in [-0.2, -0.15) is 13.2 Å². The molecule has 1 heterocycles. The summed E-state index contributed by atoms with van der Waals surface area (Å²) in [6.07, 6.45) is -2.65. The fourth-order valence-corrected chi connectivity index (χ4v) is 1.95. The summed E-state index contributed by atoms with van der Waals surface area (Å²) in [5.74, 6) is 0.376. The molecule has 0 unspecified atom stereocenters. The Morgan fingerprint density at radius 2 is 2.05 bits per heavy atom. The van der Waals surface area contributed by atoms with Crippen LogP contribution < -0.4 is 15.4 Å². The Hall–Kier alpha value is -1.83. The van der Waals surface area contributed by atoms with E-state index in [9.17, 15) is 18.0 Å². The number of halogens is 3. The molecule has 22 heavy (non-hydrogen) atoms. The number of methoxy groups -OCH3 is 1. The molecule has 0 aromatic carbocycles. The summed E-state index contributed by atoms with van der Waals surface area (Å²) < 4.78 is 41.0. The first-order chi connectivity index (χ1) is 10.2. The van der Waals surface area contributed by atoms with Crippen molar-refractivity contribution in [1.29, 1.82) is 0 Å². The highest BCUT2D eigenvalue weighted by Gasteiger charge is 2.26. The number of hydrogen-bond donors (Lipinski definition) is 2. The highest BCUT2D eigenvalue weighted by molar-refractivity contribution is 5.76. The van der Waals surface area contributed by atoms with Crippen molar-refractivity contribution in [1.82, 2.24) is 15.6 Å². The van der Waals surface area contributed by atoms with Gasteiger partial charge in [0.15, 0.2) is 0 Å². The van der Waals surface area contributed by atoms with Crippen LogP contribution in [0.2, 0.25) is 0 Å². The number of carbonyl (C=O) groups is 1. The molecule has 0 saturated heterocycles. The zero-order valence-electron chi connectivity index (χ0n) is 12.8. The van der Waals surface area contributed by atoms with Gasteiger partial charge in [0.2, 0.25) is 5.91 Å². The molecule has 0 spiro atoms. The van der Waals surface area contributed by atoms with Gasteiger partial charge in [0.05, 0.1) is 25.9 Å². The van der Waals surface area contributed by atoms with Gasteiger partial charge in [-0.25, -0.2) is 0 Å². The summed E-state index contributed by atoms with van der Waals surface area (Å²) in [6.45, 7) is 2.78. The van der Waals surface area contributed by atoms with Gasteiger partial charge in [0.1, 0.15) is 5.75 Å². The molecule has 0 aliphatic rings. The molecule has 0 aliphatic carbocycles. The van der Waals surface area contributed by atoms with E-state index in [2.05, 4.69) is 15.6 Å². The van der Waals surface area contributed by atoms with Gasteiger partial charge in [-0.1, -0.05) is 0 Å². The van der Waals surface area contributed by atoms with Gasteiger partial charge < -0.3 is 15.4 Å². The van der Waals surface area contributed by atoms with Gasteiger partial charge in [0.25, 0.3) is 0 Å². The molecule has 0 atom stereocenters. The number of hydrogen-bond acceptors (Lipinski definition) is 4. The van der Waals surface area contributed by atoms with E-state index in [4.69, 9.17) is 4.74 Å². The second kappa shape index (κ2) is 7.98. The summed E-state index contributed by atoms with van der Waals surface area (Å²) in [4.78, 5) is 15.8. The Balaban J connectivity index is 2.42. The summed E-state index contributed by atoms with van der Waals surface area (Å²) in [6, 6.07) is 0. The molecule has 1 rings (SSSR count). The molecule has 5 nitrogen and oxygen atoms in total. The van der Waals surface area contributed by atoms with Crippen LogP contribution >= 0.6 is 0 Å². The highest BCUT2D eigenvalue weighted by Crippen LogP contribution is 2.23. The maximum atomic E-state index is 11.9. The summed E-state index contributed by atoms with van der Waals surface area (Å²) >= 11 is 0. The van der Waals surface area contributed by atoms with E-state index in [1.165, 1.54) is 0 Å². The van der Waals surface area contributed by atoms with Crippen LogP contribution in [0, 0.1) is 13.8 Å². The molecule has 1 aromatic heterocycles. The molecule has 0 fully saturated rings. The smallest absolute Gasteiger partial charge is 0.401 e. The van der Waals surface area contributed by atoms with Gasteiger partial charge in [-0.05, 0) is 13.8 Å². The Morgan fingerprint density at radius 1 is 1.36 bits per heavy atom. The first-order valence-electron chi connectivity index (χ1n) is 6.78. The number of ether oxygens (including phenoxy) is 1. The average molecular weight is 319 g/mol. The number of carbonyl (C=O) groups excluding carboxylic acids is 1. The van der Waals surface area contributed by atoms with E-state index in [1.807, 2.05) is 13.8 Å². The van der Waals surface area contributed by atoms with Crippen molar-refractivity contribution in [3.63, 3.8) is 0 Å². The van der Waals surface area contributed by atoms with Crippen LogP contribution in [-0.2, 0) is 11.3 Å². The van der Waals surface area contributed by atoms with Crippen molar-refractivity contribution >= 4 is 5.91 Å². The summed E-state index contributed by atoms with van der Waals surface area (Å²) in [5.41, 5.74) is 2.39. The number of pyridine rings is 1. The number of rotatable bonds is 7. The van der Waals surface area contributed by atoms with Crippen molar-refractivity contribution in [2.45, 2.75) is 33.0 Å². The Morgan fingerprint density at radius 3 is 2.64 bits per heavy atom. The van der Waals surface area contributed by atoms with Crippen LogP contribution in [0.25, 0.3) is 0 Å². The van der Waals surface area contributed by atoms with Crippen LogP contribution in [0.15, 0.2) is 6.20 Å². The van der Waals surface area contributed by atoms with Gasteiger partial charge >= 0.3 is 6.18 Å². The molecule has 0 radical (unpaired) electrons. The lowest BCUT2D eigenvalue weighted by Gasteiger charge is -2.13. The topological polar surface area (TPSA) is 63.2 Å². The van der Waals surface area contributed by atoms with Crippen molar-refractivity contribution in [3.05, 3.63) is 23.0 Å². The largest absolute Gasteiger partial charge is 0.496 e. The average Bonchev–Trinajstić information content (AvgIpc) is 2.42. The zero-order valence-corrected chi connectivity index (χ0v) is 12.8. The molecule has 1 aromatic rings. The number of nitrogens with one attached hydrogen (secondary N) is 2. The zero-order chi connectivity index (χ0) is 16.8. The quantitative estimate of drug-likeness (QED) is 0.753. The van der Waals surface area contributed by atoms with E-state index in [-0.39, 0.29) is 25.4 Å². The molecule has 1 amide bonds. The number of alkyl halides is 3. The monoisotopic (exact) mass is 319 g/mol. The van der Waals surface area contributed by atoms with E-state index in [0.717, 1.165) is 11.1 Å². The normalized spacial score (nSPS) is 11.4. The summed E-state index contributed by atoms with van der Waals surface area (Å²) in [5, 5.41) is 4.80. The van der Waals surface area contributed by atoms with E-state index in [0.29, 0.717) is 11.4 Å². The fraction of sp³-hybridized carbons (Fsp3) is 0.571. The van der Waals surface area contributed by atoms with Crippen molar-refractivity contribution in [2.24, 2.45) is 0 Å². The Kier molecular flexibility index (Phi) is 6.61. The van der Waals surface area contributed by atoms with Crippen molar-refractivity contribution < 1.29 is 22.7 Å². The SMILES string of the molecule is COc1c(C)cnc(CNC(=O)CCNCC(F)(F)F)c1C. The molecule has 8 heteroatoms. The third kappa shape index (κ3) is 5.88. The molecular weight excluding hydrogens is 299 g/mol. The molecule has 0 bridgehead atoms. The third-order valence-corrected chi connectivity index (χ3v) is 3.06. The molecule has 0 saturated carbocycles. The first-order valence-corrected chi connectivity index (χ1v) is 6.78. The minimum Gasteiger partial charge on any atom is -0.496 e. The molecular formula is C14H20F3N3O2. The predicted octanol–water partition coefficient (Wildman–Crippen LogP) is 1.87. The van der Waals surface area contributed by atoms with Crippen LogP contribution in [-0.4, -0.2) is 37.3 Å². The molecule has 0 aliphatic heterocycles. The number of amides is 1. The van der Waals surface area contributed by atoms with Crippen molar-refractivity contribution in [2.75, 3.05) is 20.2 Å². The highest BCUT2D eigenvalue weighted by atomic mass is 19.4. The number of aryl methyl sites for hydroxylation is 1. The van der Waals surface area contributed by atoms with E-state index >= 15 is 0 Å². The van der Waals surface area contributed by atoms with Gasteiger partial charge in [-0.15, -0.1) is 0 Å². The number of nitrogens with zero attached hydrogens (tertiary/aromatic N) is 1. The minimum absolute atomic E-state index is 0.0296. The standard InChI is InChI=1S/C14H20F3N3O2/c1-9-6-19-11(10(2)13(9)22-3)7-20-12(21)4-5-18-8-14(15,16)17/h6,18H,4-5,7-8H2,1-3H3,(H,20,21). The predicted molar refractivity (Wildman–Crippen MR) is 75.7 cm³/mol. The fourth-order valence-electron chi connectivity index (χ4n) is 1.95. The van der Waals surface area contributed by atoms with E-state index in [1.54, 1.807) is 13.3 Å². The Bertz CT molecular complexity index is 519. The Labute approximate surface area is 127 Å².